The van der Waals surface area contributed by atoms with Gasteiger partial charge >= 0.3 is 0 Å². The maximum Gasteiger partial charge on any atom is 0.0701 e. The lowest BCUT2D eigenvalue weighted by Gasteiger charge is -1.98. The Morgan fingerprint density at radius 3 is 3.00 bits per heavy atom. The molecule has 0 N–H and O–H groups in total. The molecule has 1 aliphatic heterocycles. The van der Waals surface area contributed by atoms with Gasteiger partial charge in [-0.2, -0.15) is 5.26 Å². The molecule has 42 valence electrons. The maximum absolute atomic E-state index is 8.38. The van der Waals surface area contributed by atoms with Crippen LogP contribution in [-0.4, -0.2) is 4.01 Å². The van der Waals surface area contributed by atoms with Gasteiger partial charge in [0.05, 0.1) is 12.0 Å². The molecule has 0 amide bonds. The second-order valence-corrected chi connectivity index (χ2v) is 3.89. The topological polar surface area (TPSA) is 23.8 Å². The van der Waals surface area contributed by atoms with Crippen LogP contribution < -0.4 is 0 Å². The minimum absolute atomic E-state index is 0.184. The Kier molecular flexibility index (Phi) is 2.22. The van der Waals surface area contributed by atoms with Crippen LogP contribution in [0.4, 0.5) is 0 Å². The third-order valence-electron chi connectivity index (χ3n) is 0.976. The molecule has 0 fully saturated rings. The first-order chi connectivity index (χ1) is 3.93. The molecule has 1 heterocycles. The highest BCUT2D eigenvalue weighted by Gasteiger charge is 2.00. The Morgan fingerprint density at radius 1 is 1.75 bits per heavy atom. The quantitative estimate of drug-likeness (QED) is 0.570. The standard InChI is InChI=1S/C6H6IN/c8-5-6-1-3-7-4-2-6/h1,3-4,6H,2H2. The van der Waals surface area contributed by atoms with Gasteiger partial charge in [-0.25, -0.2) is 0 Å². The van der Waals surface area contributed by atoms with E-state index in [1.165, 1.54) is 0 Å². The molecule has 0 saturated carbocycles. The van der Waals surface area contributed by atoms with Gasteiger partial charge in [-0.3, -0.25) is 0 Å². The van der Waals surface area contributed by atoms with E-state index in [1.54, 1.807) is 0 Å². The Morgan fingerprint density at radius 2 is 2.62 bits per heavy atom. The summed E-state index contributed by atoms with van der Waals surface area (Å²) in [7, 11) is 0. The molecule has 1 nitrogen and oxygen atoms in total. The lowest BCUT2D eigenvalue weighted by molar-refractivity contribution is 0.897. The Labute approximate surface area is 58.8 Å². The molecule has 1 rings (SSSR count). The minimum Gasteiger partial charge on any atom is -0.198 e. The number of halogens is 1. The summed E-state index contributed by atoms with van der Waals surface area (Å²) < 4.78 is 4.39. The summed E-state index contributed by atoms with van der Waals surface area (Å²) in [5, 5.41) is 8.38. The van der Waals surface area contributed by atoms with Gasteiger partial charge in [-0.05, 0) is 14.5 Å². The van der Waals surface area contributed by atoms with Crippen LogP contribution in [-0.2, 0) is 0 Å². The van der Waals surface area contributed by atoms with Gasteiger partial charge in [0, 0.05) is 0 Å². The smallest absolute Gasteiger partial charge is 0.0701 e. The highest BCUT2D eigenvalue weighted by atomic mass is 127. The van der Waals surface area contributed by atoms with E-state index >= 15 is 0 Å². The predicted molar refractivity (Wildman–Crippen MR) is 42.9 cm³/mol. The van der Waals surface area contributed by atoms with Crippen LogP contribution in [0.15, 0.2) is 10.2 Å². The van der Waals surface area contributed by atoms with Crippen LogP contribution in [0.2, 0.25) is 0 Å². The molecule has 0 spiro atoms. The molecule has 0 aromatic heterocycles. The normalized spacial score (nSPS) is 26.1. The van der Waals surface area contributed by atoms with Gasteiger partial charge in [-0.1, -0.05) is 26.8 Å². The van der Waals surface area contributed by atoms with E-state index in [-0.39, 0.29) is 26.6 Å². The first-order valence-corrected chi connectivity index (χ1v) is 4.92. The number of nitriles is 1. The van der Waals surface area contributed by atoms with Crippen molar-refractivity contribution in [3.05, 3.63) is 10.2 Å². The average Bonchev–Trinajstić information content (AvgIpc) is 1.90. The van der Waals surface area contributed by atoms with Crippen molar-refractivity contribution >= 4 is 24.7 Å². The second kappa shape index (κ2) is 2.98. The zero-order valence-corrected chi connectivity index (χ0v) is 6.50. The van der Waals surface area contributed by atoms with Crippen LogP contribution in [0, 0.1) is 17.2 Å². The first-order valence-electron chi connectivity index (χ1n) is 2.43. The van der Waals surface area contributed by atoms with E-state index in [0.717, 1.165) is 6.42 Å². The van der Waals surface area contributed by atoms with Crippen molar-refractivity contribution in [2.45, 2.75) is 6.42 Å². The van der Waals surface area contributed by atoms with E-state index in [0.29, 0.717) is 0 Å². The summed E-state index contributed by atoms with van der Waals surface area (Å²) in [6.07, 6.45) is 3.01. The van der Waals surface area contributed by atoms with Gasteiger partial charge in [0.1, 0.15) is 0 Å². The zero-order valence-electron chi connectivity index (χ0n) is 4.34. The lowest BCUT2D eigenvalue weighted by atomic mass is 10.1. The van der Waals surface area contributed by atoms with Crippen molar-refractivity contribution in [3.8, 4) is 6.07 Å². The molecular weight excluding hydrogens is 213 g/mol. The summed E-state index contributed by atoms with van der Waals surface area (Å²) in [5.74, 6) is 0.184. The third-order valence-corrected chi connectivity index (χ3v) is 2.82. The SMILES string of the molecule is N#CC1C=CI=CC1. The fourth-order valence-electron chi connectivity index (χ4n) is 0.503. The molecule has 1 aliphatic rings. The van der Waals surface area contributed by atoms with Crippen LogP contribution in [0.3, 0.4) is 0 Å². The molecule has 0 radical (unpaired) electrons. The Balaban J connectivity index is 2.55. The predicted octanol–water partition coefficient (Wildman–Crippen LogP) is 1.82. The van der Waals surface area contributed by atoms with Crippen molar-refractivity contribution in [3.63, 3.8) is 0 Å². The molecular formula is C6H6IN. The van der Waals surface area contributed by atoms with E-state index in [4.69, 9.17) is 5.26 Å². The molecule has 0 saturated heterocycles. The van der Waals surface area contributed by atoms with Crippen molar-refractivity contribution in [1.29, 1.82) is 5.26 Å². The van der Waals surface area contributed by atoms with Gasteiger partial charge in [0.25, 0.3) is 0 Å². The van der Waals surface area contributed by atoms with Gasteiger partial charge in [0.2, 0.25) is 0 Å². The van der Waals surface area contributed by atoms with Crippen molar-refractivity contribution < 1.29 is 0 Å². The summed E-state index contributed by atoms with van der Waals surface area (Å²) >= 11 is 0.225. The summed E-state index contributed by atoms with van der Waals surface area (Å²) in [4.78, 5) is 0. The van der Waals surface area contributed by atoms with Crippen LogP contribution in [0.1, 0.15) is 6.42 Å². The highest BCUT2D eigenvalue weighted by Crippen LogP contribution is 2.13. The Hall–Kier alpha value is -0.170. The number of allylic oxidation sites excluding steroid dienone is 1. The van der Waals surface area contributed by atoms with E-state index in [9.17, 15) is 0 Å². The molecule has 0 aliphatic carbocycles. The van der Waals surface area contributed by atoms with Crippen LogP contribution in [0.5, 0.6) is 0 Å². The Bertz CT molecular complexity index is 164. The zero-order chi connectivity index (χ0) is 5.82. The number of rotatable bonds is 0. The number of nitrogens with zero attached hydrogens (tertiary/aromatic N) is 1. The van der Waals surface area contributed by atoms with Gasteiger partial charge in [0.15, 0.2) is 0 Å². The van der Waals surface area contributed by atoms with E-state index in [1.807, 2.05) is 6.08 Å². The molecule has 2 heteroatoms. The molecule has 0 bridgehead atoms. The highest BCUT2D eigenvalue weighted by molar-refractivity contribution is 14.2. The first kappa shape index (κ1) is 5.96. The molecule has 0 aromatic carbocycles. The van der Waals surface area contributed by atoms with Crippen LogP contribution >= 0.6 is 20.7 Å². The fraction of sp³-hybridized carbons (Fsp3) is 0.333. The number of hydrogen-bond donors (Lipinski definition) is 0. The molecule has 1 atom stereocenters. The molecule has 0 aromatic rings. The lowest BCUT2D eigenvalue weighted by Crippen LogP contribution is -1.92. The van der Waals surface area contributed by atoms with Crippen molar-refractivity contribution in [2.24, 2.45) is 5.92 Å². The minimum atomic E-state index is 0.184. The summed E-state index contributed by atoms with van der Waals surface area (Å²) in [5.41, 5.74) is 0. The maximum atomic E-state index is 8.38. The second-order valence-electron chi connectivity index (χ2n) is 1.57. The van der Waals surface area contributed by atoms with Crippen molar-refractivity contribution in [2.75, 3.05) is 0 Å². The molecule has 8 heavy (non-hydrogen) atoms. The summed E-state index contributed by atoms with van der Waals surface area (Å²) in [6, 6.07) is 2.20. The fourth-order valence-corrected chi connectivity index (χ4v) is 2.38. The van der Waals surface area contributed by atoms with Gasteiger partial charge < -0.3 is 0 Å². The van der Waals surface area contributed by atoms with E-state index < -0.39 is 0 Å². The van der Waals surface area contributed by atoms with E-state index in [2.05, 4.69) is 14.2 Å². The number of hydrogen-bond acceptors (Lipinski definition) is 1. The largest absolute Gasteiger partial charge is 0.198 e. The van der Waals surface area contributed by atoms with Crippen molar-refractivity contribution in [1.82, 2.24) is 0 Å². The van der Waals surface area contributed by atoms with Gasteiger partial charge in [-0.15, -0.1) is 0 Å². The van der Waals surface area contributed by atoms with Crippen LogP contribution in [0.25, 0.3) is 0 Å². The third kappa shape index (κ3) is 1.41. The molecule has 1 unspecified atom stereocenters. The average molecular weight is 219 g/mol. The summed E-state index contributed by atoms with van der Waals surface area (Å²) in [6.45, 7) is 0. The monoisotopic (exact) mass is 219 g/mol.